The molecule has 11 nitrogen and oxygen atoms in total. The van der Waals surface area contributed by atoms with Crippen molar-refractivity contribution in [2.45, 2.75) is 24.9 Å². The highest BCUT2D eigenvalue weighted by Gasteiger charge is 2.38. The molecule has 45 heavy (non-hydrogen) atoms. The average molecular weight is 629 g/mol. The molecule has 1 saturated heterocycles. The van der Waals surface area contributed by atoms with E-state index >= 15 is 0 Å². The van der Waals surface area contributed by atoms with Crippen LogP contribution in [0.3, 0.4) is 0 Å². The minimum atomic E-state index is -5.08. The van der Waals surface area contributed by atoms with Gasteiger partial charge in [-0.15, -0.1) is 0 Å². The number of carbonyl (C=O) groups excluding carboxylic acids is 2. The molecule has 0 aromatic heterocycles. The van der Waals surface area contributed by atoms with Gasteiger partial charge in [0.15, 0.2) is 0 Å². The minimum absolute atomic E-state index is 0.00698. The lowest BCUT2D eigenvalue weighted by Gasteiger charge is -2.21. The van der Waals surface area contributed by atoms with Crippen LogP contribution in [-0.2, 0) is 16.1 Å². The largest absolute Gasteiger partial charge is 0.508 e. The molecule has 1 heterocycles. The van der Waals surface area contributed by atoms with Crippen LogP contribution in [0.5, 0.6) is 23.0 Å². The highest BCUT2D eigenvalue weighted by Crippen LogP contribution is 2.36. The second kappa shape index (κ2) is 13.5. The predicted octanol–water partition coefficient (Wildman–Crippen LogP) is 3.81. The number of hydrogen-bond acceptors (Lipinski definition) is 9. The maximum absolute atomic E-state index is 13.3. The van der Waals surface area contributed by atoms with E-state index in [1.165, 1.54) is 42.5 Å². The molecule has 5 rings (SSSR count). The first-order valence-corrected chi connectivity index (χ1v) is 13.3. The number of phenols is 4. The van der Waals surface area contributed by atoms with E-state index in [-0.39, 0.29) is 47.3 Å². The van der Waals surface area contributed by atoms with Gasteiger partial charge in [-0.1, -0.05) is 30.3 Å². The standard InChI is InChI=1S/C29H26N2O7.C2HF3O2/c32-19-8-5-18(6-9-19)29(37)31-21-13-30-14-25(21)38-15-16-11-23(34)27(24(35)12-16)28(36)26-20-4-2-1-3-17(20)7-10-22(26)33;3-2(4,5)1(6)7/h1-12,21,25,30,32-35H,13-15H2,(H,31,37);(H,6,7)/t21-,25-;/m0./s1. The van der Waals surface area contributed by atoms with Gasteiger partial charge < -0.3 is 40.9 Å². The summed E-state index contributed by atoms with van der Waals surface area (Å²) >= 11 is 0. The van der Waals surface area contributed by atoms with Gasteiger partial charge in [0.25, 0.3) is 5.91 Å². The summed E-state index contributed by atoms with van der Waals surface area (Å²) in [6.07, 6.45) is -5.46. The highest BCUT2D eigenvalue weighted by atomic mass is 19.4. The van der Waals surface area contributed by atoms with Crippen molar-refractivity contribution in [3.05, 3.63) is 95.1 Å². The maximum atomic E-state index is 13.3. The van der Waals surface area contributed by atoms with Gasteiger partial charge in [-0.3, -0.25) is 9.59 Å². The molecule has 4 aromatic rings. The molecule has 0 saturated carbocycles. The SMILES string of the molecule is O=C(N[C@H]1CNC[C@@H]1OCc1cc(O)c(C(=O)c2c(O)ccc3ccccc23)c(O)c1)c1ccc(O)cc1.O=C(O)C(F)(F)F. The average Bonchev–Trinajstić information content (AvgIpc) is 3.42. The van der Waals surface area contributed by atoms with Gasteiger partial charge in [0.05, 0.1) is 24.3 Å². The highest BCUT2D eigenvalue weighted by molar-refractivity contribution is 6.20. The number of halogens is 3. The van der Waals surface area contributed by atoms with E-state index in [1.807, 2.05) is 0 Å². The Morgan fingerprint density at radius 3 is 2.09 bits per heavy atom. The third kappa shape index (κ3) is 7.79. The fourth-order valence-electron chi connectivity index (χ4n) is 4.65. The van der Waals surface area contributed by atoms with Crippen molar-refractivity contribution < 1.29 is 57.8 Å². The number of fused-ring (bicyclic) bond motifs is 1. The Morgan fingerprint density at radius 2 is 1.47 bits per heavy atom. The molecular formula is C31H27F3N2O9. The Hall–Kier alpha value is -5.34. The molecule has 1 aliphatic rings. The number of amides is 1. The fraction of sp³-hybridized carbons (Fsp3) is 0.194. The summed E-state index contributed by atoms with van der Waals surface area (Å²) in [4.78, 5) is 34.8. The molecule has 0 aliphatic carbocycles. The number of alkyl halides is 3. The normalized spacial score (nSPS) is 16.1. The number of ketones is 1. The number of ether oxygens (including phenoxy) is 1. The second-order valence-corrected chi connectivity index (χ2v) is 9.96. The molecule has 2 atom stereocenters. The number of benzene rings is 4. The van der Waals surface area contributed by atoms with Crippen molar-refractivity contribution in [1.82, 2.24) is 10.6 Å². The molecule has 0 bridgehead atoms. The number of rotatable bonds is 7. The number of aromatic hydroxyl groups is 4. The van der Waals surface area contributed by atoms with Crippen LogP contribution in [0.1, 0.15) is 31.8 Å². The van der Waals surface area contributed by atoms with Gasteiger partial charge in [-0.25, -0.2) is 4.79 Å². The van der Waals surface area contributed by atoms with Crippen molar-refractivity contribution in [1.29, 1.82) is 0 Å². The van der Waals surface area contributed by atoms with Crippen LogP contribution in [-0.4, -0.2) is 74.6 Å². The van der Waals surface area contributed by atoms with Crippen molar-refractivity contribution in [3.63, 3.8) is 0 Å². The minimum Gasteiger partial charge on any atom is -0.508 e. The van der Waals surface area contributed by atoms with E-state index in [2.05, 4.69) is 10.6 Å². The number of phenolic OH excluding ortho intramolecular Hbond substituents is 4. The Kier molecular flexibility index (Phi) is 9.79. The molecule has 14 heteroatoms. The van der Waals surface area contributed by atoms with Crippen LogP contribution >= 0.6 is 0 Å². The Balaban J connectivity index is 0.000000591. The zero-order valence-electron chi connectivity index (χ0n) is 23.2. The molecular weight excluding hydrogens is 601 g/mol. The lowest BCUT2D eigenvalue weighted by atomic mass is 9.94. The van der Waals surface area contributed by atoms with Crippen molar-refractivity contribution in [2.75, 3.05) is 13.1 Å². The maximum Gasteiger partial charge on any atom is 0.490 e. The molecule has 1 aliphatic heterocycles. The van der Waals surface area contributed by atoms with Crippen LogP contribution in [0.15, 0.2) is 72.8 Å². The van der Waals surface area contributed by atoms with E-state index in [0.717, 1.165) is 5.39 Å². The Labute approximate surface area is 253 Å². The van der Waals surface area contributed by atoms with Gasteiger partial charge in [0.2, 0.25) is 5.78 Å². The molecule has 236 valence electrons. The molecule has 1 fully saturated rings. The molecule has 0 spiro atoms. The summed E-state index contributed by atoms with van der Waals surface area (Å²) in [7, 11) is 0. The van der Waals surface area contributed by atoms with Crippen LogP contribution in [0.4, 0.5) is 13.2 Å². The number of hydrogen-bond donors (Lipinski definition) is 7. The number of carboxylic acids is 1. The predicted molar refractivity (Wildman–Crippen MR) is 153 cm³/mol. The van der Waals surface area contributed by atoms with Crippen molar-refractivity contribution >= 4 is 28.4 Å². The monoisotopic (exact) mass is 628 g/mol. The first-order chi connectivity index (χ1) is 21.3. The van der Waals surface area contributed by atoms with Gasteiger partial charge in [-0.05, 0) is 58.8 Å². The summed E-state index contributed by atoms with van der Waals surface area (Å²) in [6, 6.07) is 18.4. The van der Waals surface area contributed by atoms with Crippen LogP contribution in [0, 0.1) is 0 Å². The van der Waals surface area contributed by atoms with E-state index < -0.39 is 29.4 Å². The van der Waals surface area contributed by atoms with E-state index in [4.69, 9.17) is 14.6 Å². The number of nitrogens with one attached hydrogen (secondary N) is 2. The summed E-state index contributed by atoms with van der Waals surface area (Å²) in [6.45, 7) is 0.982. The van der Waals surface area contributed by atoms with E-state index in [1.54, 1.807) is 30.3 Å². The molecule has 4 aromatic carbocycles. The number of carbonyl (C=O) groups is 3. The van der Waals surface area contributed by atoms with Crippen molar-refractivity contribution in [2.24, 2.45) is 0 Å². The fourth-order valence-corrected chi connectivity index (χ4v) is 4.65. The summed E-state index contributed by atoms with van der Waals surface area (Å²) < 4.78 is 37.7. The molecule has 0 radical (unpaired) electrons. The van der Waals surface area contributed by atoms with Gasteiger partial charge in [-0.2, -0.15) is 13.2 Å². The summed E-state index contributed by atoms with van der Waals surface area (Å²) in [5.41, 5.74) is 0.499. The zero-order chi connectivity index (χ0) is 32.9. The molecule has 7 N–H and O–H groups in total. The van der Waals surface area contributed by atoms with Crippen molar-refractivity contribution in [3.8, 4) is 23.0 Å². The summed E-state index contributed by atoms with van der Waals surface area (Å²) in [5, 5.41) is 55.6. The van der Waals surface area contributed by atoms with Crippen LogP contribution in [0.25, 0.3) is 10.8 Å². The van der Waals surface area contributed by atoms with Gasteiger partial charge in [0.1, 0.15) is 28.6 Å². The summed E-state index contributed by atoms with van der Waals surface area (Å²) in [5.74, 6) is -4.84. The Morgan fingerprint density at radius 1 is 0.844 bits per heavy atom. The molecule has 0 unspecified atom stereocenters. The van der Waals surface area contributed by atoms with Crippen LogP contribution < -0.4 is 10.6 Å². The van der Waals surface area contributed by atoms with E-state index in [0.29, 0.717) is 29.6 Å². The first kappa shape index (κ1) is 32.6. The lowest BCUT2D eigenvalue weighted by molar-refractivity contribution is -0.192. The Bertz CT molecular complexity index is 1700. The quantitative estimate of drug-likeness (QED) is 0.148. The number of aliphatic carboxylic acids is 1. The first-order valence-electron chi connectivity index (χ1n) is 13.3. The number of carboxylic acid groups (broad SMARTS) is 1. The lowest BCUT2D eigenvalue weighted by Crippen LogP contribution is -2.43. The van der Waals surface area contributed by atoms with Crippen LogP contribution in [0.2, 0.25) is 0 Å². The van der Waals surface area contributed by atoms with Gasteiger partial charge in [0, 0.05) is 18.7 Å². The topological polar surface area (TPSA) is 186 Å². The van der Waals surface area contributed by atoms with E-state index in [9.17, 15) is 43.2 Å². The molecule has 1 amide bonds. The smallest absolute Gasteiger partial charge is 0.490 e. The van der Waals surface area contributed by atoms with Gasteiger partial charge >= 0.3 is 12.1 Å². The zero-order valence-corrected chi connectivity index (χ0v) is 23.2. The second-order valence-electron chi connectivity index (χ2n) is 9.96. The third-order valence-corrected chi connectivity index (χ3v) is 6.83. The third-order valence-electron chi connectivity index (χ3n) is 6.83.